The topological polar surface area (TPSA) is 74.2 Å². The molecule has 1 aliphatic heterocycles. The molecule has 22 heavy (non-hydrogen) atoms. The molecular weight excluding hydrogens is 302 g/mol. The fourth-order valence-corrected chi connectivity index (χ4v) is 2.89. The standard InChI is InChI=1S/C16H18ClN3O2/c1-9-12(7-10-6-11(17)2-3-13(10)19-9)16(22)20-14-8-18-5-4-15(14)21/h2-3,6-7,14-15,18,21H,4-5,8H2,1H3,(H,20,22)/t14-,15-/m1/s1. The number of nitrogens with zero attached hydrogens (tertiary/aromatic N) is 1. The van der Waals surface area contributed by atoms with Gasteiger partial charge in [-0.15, -0.1) is 0 Å². The van der Waals surface area contributed by atoms with E-state index in [0.29, 0.717) is 29.2 Å². The molecule has 1 fully saturated rings. The van der Waals surface area contributed by atoms with Crippen LogP contribution >= 0.6 is 11.6 Å². The van der Waals surface area contributed by atoms with Crippen LogP contribution in [-0.4, -0.2) is 41.2 Å². The highest BCUT2D eigenvalue weighted by Gasteiger charge is 2.25. The lowest BCUT2D eigenvalue weighted by molar-refractivity contribution is 0.0754. The van der Waals surface area contributed by atoms with Gasteiger partial charge in [-0.25, -0.2) is 0 Å². The van der Waals surface area contributed by atoms with Crippen LogP contribution in [0.1, 0.15) is 22.5 Å². The predicted molar refractivity (Wildman–Crippen MR) is 86.2 cm³/mol. The van der Waals surface area contributed by atoms with Crippen molar-refractivity contribution in [3.8, 4) is 0 Å². The van der Waals surface area contributed by atoms with E-state index in [1.165, 1.54) is 0 Å². The Bertz CT molecular complexity index is 720. The van der Waals surface area contributed by atoms with Crippen LogP contribution in [0.5, 0.6) is 0 Å². The van der Waals surface area contributed by atoms with Crippen LogP contribution < -0.4 is 10.6 Å². The Kier molecular flexibility index (Phi) is 4.29. The summed E-state index contributed by atoms with van der Waals surface area (Å²) >= 11 is 6.00. The van der Waals surface area contributed by atoms with Gasteiger partial charge in [0.05, 0.1) is 28.9 Å². The lowest BCUT2D eigenvalue weighted by Gasteiger charge is -2.29. The van der Waals surface area contributed by atoms with Crippen LogP contribution in [0.25, 0.3) is 10.9 Å². The van der Waals surface area contributed by atoms with Crippen LogP contribution in [0.4, 0.5) is 0 Å². The molecule has 5 nitrogen and oxygen atoms in total. The third-order valence-corrected chi connectivity index (χ3v) is 4.21. The van der Waals surface area contributed by atoms with Crippen molar-refractivity contribution in [3.63, 3.8) is 0 Å². The van der Waals surface area contributed by atoms with Crippen molar-refractivity contribution >= 4 is 28.4 Å². The molecular formula is C16H18ClN3O2. The van der Waals surface area contributed by atoms with Gasteiger partial charge < -0.3 is 15.7 Å². The van der Waals surface area contributed by atoms with Crippen molar-refractivity contribution in [3.05, 3.63) is 40.5 Å². The highest BCUT2D eigenvalue weighted by Crippen LogP contribution is 2.21. The Morgan fingerprint density at radius 2 is 2.27 bits per heavy atom. The number of carbonyl (C=O) groups excluding carboxylic acids is 1. The Balaban J connectivity index is 1.88. The van der Waals surface area contributed by atoms with Gasteiger partial charge in [-0.3, -0.25) is 9.78 Å². The normalized spacial score (nSPS) is 21.8. The lowest BCUT2D eigenvalue weighted by atomic mass is 10.0. The first-order valence-corrected chi connectivity index (χ1v) is 7.69. The molecule has 3 N–H and O–H groups in total. The van der Waals surface area contributed by atoms with Gasteiger partial charge in [0, 0.05) is 17.0 Å². The average Bonchev–Trinajstić information content (AvgIpc) is 2.49. The zero-order valence-corrected chi connectivity index (χ0v) is 13.0. The number of piperidine rings is 1. The predicted octanol–water partition coefficient (Wildman–Crippen LogP) is 1.65. The summed E-state index contributed by atoms with van der Waals surface area (Å²) in [5, 5.41) is 17.4. The first-order chi connectivity index (χ1) is 10.5. The molecule has 0 spiro atoms. The maximum Gasteiger partial charge on any atom is 0.253 e. The molecule has 1 aromatic carbocycles. The number of hydrogen-bond acceptors (Lipinski definition) is 4. The van der Waals surface area contributed by atoms with Crippen molar-refractivity contribution in [2.75, 3.05) is 13.1 Å². The smallest absolute Gasteiger partial charge is 0.253 e. The molecule has 2 atom stereocenters. The minimum Gasteiger partial charge on any atom is -0.391 e. The van der Waals surface area contributed by atoms with Gasteiger partial charge in [0.1, 0.15) is 0 Å². The summed E-state index contributed by atoms with van der Waals surface area (Å²) in [5.41, 5.74) is 1.97. The number of pyridine rings is 1. The Labute approximate surface area is 133 Å². The number of aliphatic hydroxyl groups excluding tert-OH is 1. The molecule has 0 unspecified atom stereocenters. The SMILES string of the molecule is Cc1nc2ccc(Cl)cc2cc1C(=O)N[C@@H]1CNCC[C@H]1O. The summed E-state index contributed by atoms with van der Waals surface area (Å²) in [4.78, 5) is 16.9. The third-order valence-electron chi connectivity index (χ3n) is 3.97. The van der Waals surface area contributed by atoms with E-state index < -0.39 is 6.10 Å². The van der Waals surface area contributed by atoms with Gasteiger partial charge in [0.15, 0.2) is 0 Å². The van der Waals surface area contributed by atoms with Crippen molar-refractivity contribution in [2.24, 2.45) is 0 Å². The van der Waals surface area contributed by atoms with E-state index in [4.69, 9.17) is 11.6 Å². The number of aryl methyl sites for hydroxylation is 1. The number of aliphatic hydroxyl groups is 1. The maximum absolute atomic E-state index is 12.5. The summed E-state index contributed by atoms with van der Waals surface area (Å²) in [6.45, 7) is 3.14. The second-order valence-electron chi connectivity index (χ2n) is 5.60. The molecule has 2 heterocycles. The molecule has 1 amide bonds. The van der Waals surface area contributed by atoms with Gasteiger partial charge in [0.25, 0.3) is 5.91 Å². The molecule has 1 saturated heterocycles. The van der Waals surface area contributed by atoms with Crippen LogP contribution in [0, 0.1) is 6.92 Å². The molecule has 0 radical (unpaired) electrons. The Morgan fingerprint density at radius 3 is 3.05 bits per heavy atom. The molecule has 3 rings (SSSR count). The van der Waals surface area contributed by atoms with E-state index >= 15 is 0 Å². The zero-order chi connectivity index (χ0) is 15.7. The van der Waals surface area contributed by atoms with Crippen molar-refractivity contribution < 1.29 is 9.90 Å². The first-order valence-electron chi connectivity index (χ1n) is 7.31. The number of carbonyl (C=O) groups is 1. The van der Waals surface area contributed by atoms with E-state index in [9.17, 15) is 9.90 Å². The summed E-state index contributed by atoms with van der Waals surface area (Å²) in [7, 11) is 0. The molecule has 6 heteroatoms. The van der Waals surface area contributed by atoms with Crippen molar-refractivity contribution in [1.82, 2.24) is 15.6 Å². The third kappa shape index (κ3) is 3.06. The Hall–Kier alpha value is -1.69. The van der Waals surface area contributed by atoms with Crippen molar-refractivity contribution in [2.45, 2.75) is 25.5 Å². The summed E-state index contributed by atoms with van der Waals surface area (Å²) in [6, 6.07) is 6.91. The molecule has 0 bridgehead atoms. The number of fused-ring (bicyclic) bond motifs is 1. The summed E-state index contributed by atoms with van der Waals surface area (Å²) in [5.74, 6) is -0.223. The van der Waals surface area contributed by atoms with Crippen LogP contribution in [0.2, 0.25) is 5.02 Å². The van der Waals surface area contributed by atoms with E-state index in [-0.39, 0.29) is 11.9 Å². The lowest BCUT2D eigenvalue weighted by Crippen LogP contribution is -2.53. The van der Waals surface area contributed by atoms with Gasteiger partial charge in [-0.2, -0.15) is 0 Å². The number of nitrogens with one attached hydrogen (secondary N) is 2. The first kappa shape index (κ1) is 15.2. The highest BCUT2D eigenvalue weighted by molar-refractivity contribution is 6.31. The van der Waals surface area contributed by atoms with Gasteiger partial charge in [0.2, 0.25) is 0 Å². The number of benzene rings is 1. The fourth-order valence-electron chi connectivity index (χ4n) is 2.71. The van der Waals surface area contributed by atoms with E-state index in [1.807, 2.05) is 6.07 Å². The van der Waals surface area contributed by atoms with Gasteiger partial charge in [-0.05, 0) is 44.2 Å². The van der Waals surface area contributed by atoms with Gasteiger partial charge >= 0.3 is 0 Å². The monoisotopic (exact) mass is 319 g/mol. The largest absolute Gasteiger partial charge is 0.391 e. The second kappa shape index (κ2) is 6.20. The molecule has 116 valence electrons. The minimum atomic E-state index is -0.520. The molecule has 0 aliphatic carbocycles. The maximum atomic E-state index is 12.5. The quantitative estimate of drug-likeness (QED) is 0.787. The molecule has 1 aromatic heterocycles. The second-order valence-corrected chi connectivity index (χ2v) is 6.03. The summed E-state index contributed by atoms with van der Waals surface area (Å²) < 4.78 is 0. The van der Waals surface area contributed by atoms with Crippen molar-refractivity contribution in [1.29, 1.82) is 0 Å². The number of halogens is 1. The number of hydrogen-bond donors (Lipinski definition) is 3. The molecule has 2 aromatic rings. The molecule has 1 aliphatic rings. The van der Waals surface area contributed by atoms with E-state index in [2.05, 4.69) is 15.6 Å². The summed E-state index contributed by atoms with van der Waals surface area (Å²) in [6.07, 6.45) is 0.114. The number of amides is 1. The Morgan fingerprint density at radius 1 is 1.45 bits per heavy atom. The minimum absolute atomic E-state index is 0.223. The van der Waals surface area contributed by atoms with Gasteiger partial charge in [-0.1, -0.05) is 11.6 Å². The number of rotatable bonds is 2. The van der Waals surface area contributed by atoms with E-state index in [1.54, 1.807) is 25.1 Å². The highest BCUT2D eigenvalue weighted by atomic mass is 35.5. The van der Waals surface area contributed by atoms with Crippen LogP contribution in [0.3, 0.4) is 0 Å². The average molecular weight is 320 g/mol. The molecule has 0 saturated carbocycles. The van der Waals surface area contributed by atoms with Crippen LogP contribution in [0.15, 0.2) is 24.3 Å². The zero-order valence-electron chi connectivity index (χ0n) is 12.3. The van der Waals surface area contributed by atoms with E-state index in [0.717, 1.165) is 17.4 Å². The fraction of sp³-hybridized carbons (Fsp3) is 0.375. The number of aromatic nitrogens is 1. The van der Waals surface area contributed by atoms with Crippen LogP contribution in [-0.2, 0) is 0 Å².